The maximum absolute atomic E-state index is 11.1. The molecule has 0 bridgehead atoms. The van der Waals surface area contributed by atoms with Gasteiger partial charge in [-0.1, -0.05) is 32.6 Å². The van der Waals surface area contributed by atoms with Crippen molar-refractivity contribution in [3.05, 3.63) is 0 Å². The zero-order valence-electron chi connectivity index (χ0n) is 8.88. The summed E-state index contributed by atoms with van der Waals surface area (Å²) < 4.78 is 0. The molecule has 0 aliphatic carbocycles. The van der Waals surface area contributed by atoms with Crippen molar-refractivity contribution in [3.63, 3.8) is 0 Å². The van der Waals surface area contributed by atoms with E-state index >= 15 is 0 Å². The maximum Gasteiger partial charge on any atom is 0.132 e. The number of unbranched alkanes of at least 4 members (excludes halogenated alkanes) is 3. The first kappa shape index (κ1) is 12.6. The van der Waals surface area contributed by atoms with Gasteiger partial charge in [0, 0.05) is 12.5 Å². The molecule has 78 valence electrons. The van der Waals surface area contributed by atoms with E-state index in [2.05, 4.69) is 6.92 Å². The zero-order valence-corrected chi connectivity index (χ0v) is 8.88. The summed E-state index contributed by atoms with van der Waals surface area (Å²) in [5.41, 5.74) is 0. The fraction of sp³-hybridized carbons (Fsp3) is 0.909. The lowest BCUT2D eigenvalue weighted by Crippen LogP contribution is -2.12. The fourth-order valence-electron chi connectivity index (χ4n) is 1.52. The first-order valence-corrected chi connectivity index (χ1v) is 5.33. The first-order chi connectivity index (χ1) is 6.22. The van der Waals surface area contributed by atoms with Crippen LogP contribution < -0.4 is 0 Å². The van der Waals surface area contributed by atoms with Crippen LogP contribution in [0.4, 0.5) is 0 Å². The molecule has 0 aliphatic heterocycles. The van der Waals surface area contributed by atoms with Crippen LogP contribution in [-0.2, 0) is 4.79 Å². The van der Waals surface area contributed by atoms with Gasteiger partial charge in [-0.05, 0) is 19.8 Å². The Morgan fingerprint density at radius 3 is 2.38 bits per heavy atom. The molecule has 0 aromatic rings. The summed E-state index contributed by atoms with van der Waals surface area (Å²) in [5, 5.41) is 8.74. The van der Waals surface area contributed by atoms with Gasteiger partial charge in [0.2, 0.25) is 0 Å². The maximum atomic E-state index is 11.1. The molecular formula is C11H22O2. The van der Waals surface area contributed by atoms with Crippen molar-refractivity contribution in [2.24, 2.45) is 5.92 Å². The van der Waals surface area contributed by atoms with Crippen LogP contribution in [0.1, 0.15) is 52.4 Å². The number of aliphatic hydroxyl groups excluding tert-OH is 1. The second-order valence-electron chi connectivity index (χ2n) is 3.67. The Balaban J connectivity index is 3.51. The highest BCUT2D eigenvalue weighted by Crippen LogP contribution is 2.14. The molecule has 0 aliphatic rings. The van der Waals surface area contributed by atoms with E-state index < -0.39 is 0 Å². The van der Waals surface area contributed by atoms with Crippen LogP contribution >= 0.6 is 0 Å². The van der Waals surface area contributed by atoms with E-state index in [4.69, 9.17) is 5.11 Å². The van der Waals surface area contributed by atoms with Gasteiger partial charge in [-0.25, -0.2) is 0 Å². The molecule has 2 heteroatoms. The van der Waals surface area contributed by atoms with Crippen LogP contribution in [0.2, 0.25) is 0 Å². The summed E-state index contributed by atoms with van der Waals surface area (Å²) >= 11 is 0. The van der Waals surface area contributed by atoms with Crippen LogP contribution in [0.15, 0.2) is 0 Å². The van der Waals surface area contributed by atoms with E-state index in [1.807, 2.05) is 0 Å². The molecule has 13 heavy (non-hydrogen) atoms. The largest absolute Gasteiger partial charge is 0.396 e. The molecule has 0 saturated heterocycles. The molecule has 0 rings (SSSR count). The molecule has 2 nitrogen and oxygen atoms in total. The highest BCUT2D eigenvalue weighted by Gasteiger charge is 2.12. The lowest BCUT2D eigenvalue weighted by molar-refractivity contribution is -0.121. The Hall–Kier alpha value is -0.370. The second kappa shape index (κ2) is 8.24. The quantitative estimate of drug-likeness (QED) is 0.591. The van der Waals surface area contributed by atoms with Crippen molar-refractivity contribution in [2.45, 2.75) is 52.4 Å². The average molecular weight is 186 g/mol. The van der Waals surface area contributed by atoms with Gasteiger partial charge in [-0.15, -0.1) is 0 Å². The van der Waals surface area contributed by atoms with E-state index in [9.17, 15) is 4.79 Å². The Labute approximate surface area is 81.3 Å². The van der Waals surface area contributed by atoms with E-state index in [1.165, 1.54) is 19.3 Å². The highest BCUT2D eigenvalue weighted by molar-refractivity contribution is 5.78. The molecule has 1 atom stereocenters. The van der Waals surface area contributed by atoms with Gasteiger partial charge in [-0.3, -0.25) is 4.79 Å². The zero-order chi connectivity index (χ0) is 10.1. The van der Waals surface area contributed by atoms with E-state index in [1.54, 1.807) is 6.92 Å². The Bertz CT molecular complexity index is 132. The standard InChI is InChI=1S/C11H22O2/c1-3-4-5-6-7-11(8-9-12)10(2)13/h11-12H,3-9H2,1-2H3. The predicted molar refractivity (Wildman–Crippen MR) is 54.6 cm³/mol. The number of hydrogen-bond donors (Lipinski definition) is 1. The van der Waals surface area contributed by atoms with Crippen LogP contribution in [-0.4, -0.2) is 17.5 Å². The van der Waals surface area contributed by atoms with Crippen LogP contribution in [0.3, 0.4) is 0 Å². The Kier molecular flexibility index (Phi) is 8.00. The van der Waals surface area contributed by atoms with E-state index in [0.717, 1.165) is 12.8 Å². The van der Waals surface area contributed by atoms with Gasteiger partial charge in [0.25, 0.3) is 0 Å². The van der Waals surface area contributed by atoms with Crippen molar-refractivity contribution in [2.75, 3.05) is 6.61 Å². The number of carbonyl (C=O) groups is 1. The van der Waals surface area contributed by atoms with Crippen molar-refractivity contribution in [1.82, 2.24) is 0 Å². The average Bonchev–Trinajstić information content (AvgIpc) is 2.10. The molecule has 0 saturated carbocycles. The van der Waals surface area contributed by atoms with Crippen LogP contribution in [0.5, 0.6) is 0 Å². The SMILES string of the molecule is CCCCCCC(CCO)C(C)=O. The third-order valence-electron chi connectivity index (χ3n) is 2.46. The summed E-state index contributed by atoms with van der Waals surface area (Å²) in [6.07, 6.45) is 6.41. The molecule has 0 amide bonds. The van der Waals surface area contributed by atoms with Crippen molar-refractivity contribution in [3.8, 4) is 0 Å². The molecule has 0 heterocycles. The molecule has 1 unspecified atom stereocenters. The third kappa shape index (κ3) is 6.76. The molecule has 0 aromatic heterocycles. The van der Waals surface area contributed by atoms with Crippen molar-refractivity contribution >= 4 is 5.78 Å². The molecule has 0 aromatic carbocycles. The minimum atomic E-state index is 0.0989. The molecular weight excluding hydrogens is 164 g/mol. The van der Waals surface area contributed by atoms with E-state index in [-0.39, 0.29) is 18.3 Å². The van der Waals surface area contributed by atoms with Gasteiger partial charge in [-0.2, -0.15) is 0 Å². The topological polar surface area (TPSA) is 37.3 Å². The predicted octanol–water partition coefficient (Wildman–Crippen LogP) is 2.54. The van der Waals surface area contributed by atoms with Gasteiger partial charge in [0.05, 0.1) is 0 Å². The number of hydrogen-bond acceptors (Lipinski definition) is 2. The monoisotopic (exact) mass is 186 g/mol. The van der Waals surface area contributed by atoms with E-state index in [0.29, 0.717) is 6.42 Å². The third-order valence-corrected chi connectivity index (χ3v) is 2.46. The number of Topliss-reactive ketones (excluding diaryl/α,β-unsaturated/α-hetero) is 1. The summed E-state index contributed by atoms with van der Waals surface area (Å²) in [7, 11) is 0. The number of aliphatic hydroxyl groups is 1. The van der Waals surface area contributed by atoms with Crippen LogP contribution in [0, 0.1) is 5.92 Å². The highest BCUT2D eigenvalue weighted by atomic mass is 16.3. The lowest BCUT2D eigenvalue weighted by Gasteiger charge is -2.11. The number of carbonyl (C=O) groups excluding carboxylic acids is 1. The summed E-state index contributed by atoms with van der Waals surface area (Å²) in [6, 6.07) is 0. The number of ketones is 1. The van der Waals surface area contributed by atoms with Gasteiger partial charge in [0.1, 0.15) is 5.78 Å². The second-order valence-corrected chi connectivity index (χ2v) is 3.67. The lowest BCUT2D eigenvalue weighted by atomic mass is 9.94. The normalized spacial score (nSPS) is 12.8. The number of rotatable bonds is 8. The van der Waals surface area contributed by atoms with Crippen LogP contribution in [0.25, 0.3) is 0 Å². The van der Waals surface area contributed by atoms with Crippen molar-refractivity contribution in [1.29, 1.82) is 0 Å². The smallest absolute Gasteiger partial charge is 0.132 e. The summed E-state index contributed by atoms with van der Waals surface area (Å²) in [4.78, 5) is 11.1. The summed E-state index contributed by atoms with van der Waals surface area (Å²) in [5.74, 6) is 0.326. The van der Waals surface area contributed by atoms with Gasteiger partial charge >= 0.3 is 0 Å². The molecule has 0 spiro atoms. The van der Waals surface area contributed by atoms with Gasteiger partial charge in [0.15, 0.2) is 0 Å². The molecule has 0 fully saturated rings. The molecule has 1 N–H and O–H groups in total. The Morgan fingerprint density at radius 1 is 1.23 bits per heavy atom. The minimum Gasteiger partial charge on any atom is -0.396 e. The Morgan fingerprint density at radius 2 is 1.92 bits per heavy atom. The fourth-order valence-corrected chi connectivity index (χ4v) is 1.52. The van der Waals surface area contributed by atoms with Crippen molar-refractivity contribution < 1.29 is 9.90 Å². The first-order valence-electron chi connectivity index (χ1n) is 5.33. The molecule has 0 radical (unpaired) electrons. The minimum absolute atomic E-state index is 0.0989. The summed E-state index contributed by atoms with van der Waals surface area (Å²) in [6.45, 7) is 3.94. The van der Waals surface area contributed by atoms with Gasteiger partial charge < -0.3 is 5.11 Å².